The minimum absolute atomic E-state index is 0.105. The zero-order valence-corrected chi connectivity index (χ0v) is 13.3. The maximum atomic E-state index is 12.4. The van der Waals surface area contributed by atoms with E-state index in [1.807, 2.05) is 0 Å². The summed E-state index contributed by atoms with van der Waals surface area (Å²) < 4.78 is 0. The number of nitro benzene ring substituents is 1. The van der Waals surface area contributed by atoms with Crippen molar-refractivity contribution in [2.45, 2.75) is 20.3 Å². The van der Waals surface area contributed by atoms with Crippen LogP contribution in [0.25, 0.3) is 0 Å². The zero-order chi connectivity index (χ0) is 17.7. The predicted molar refractivity (Wildman–Crippen MR) is 91.1 cm³/mol. The van der Waals surface area contributed by atoms with Gasteiger partial charge in [0.05, 0.1) is 4.92 Å². The number of rotatable bonds is 5. The lowest BCUT2D eigenvalue weighted by molar-refractivity contribution is -0.385. The first-order valence-corrected chi connectivity index (χ1v) is 7.37. The highest BCUT2D eigenvalue weighted by atomic mass is 16.6. The minimum Gasteiger partial charge on any atom is -0.326 e. The Kier molecular flexibility index (Phi) is 5.26. The van der Waals surface area contributed by atoms with Crippen LogP contribution in [-0.4, -0.2) is 16.7 Å². The molecule has 0 bridgehead atoms. The fraction of sp³-hybridized carbons (Fsp3) is 0.176. The Morgan fingerprint density at radius 1 is 1.08 bits per heavy atom. The molecule has 2 N–H and O–H groups in total. The molecule has 2 rings (SSSR count). The van der Waals surface area contributed by atoms with Crippen molar-refractivity contribution < 1.29 is 14.5 Å². The van der Waals surface area contributed by atoms with E-state index in [0.29, 0.717) is 23.4 Å². The van der Waals surface area contributed by atoms with Crippen molar-refractivity contribution in [3.63, 3.8) is 0 Å². The van der Waals surface area contributed by atoms with E-state index in [-0.39, 0.29) is 17.2 Å². The van der Waals surface area contributed by atoms with E-state index in [9.17, 15) is 19.7 Å². The molecule has 2 aromatic rings. The SMILES string of the molecule is CCC(=O)Nc1cccc(NC(=O)c2cccc([N+](=O)[O-])c2C)c1. The molecule has 0 saturated heterocycles. The molecule has 0 unspecified atom stereocenters. The molecule has 0 aliphatic heterocycles. The van der Waals surface area contributed by atoms with Crippen LogP contribution in [-0.2, 0) is 4.79 Å². The minimum atomic E-state index is -0.521. The summed E-state index contributed by atoms with van der Waals surface area (Å²) >= 11 is 0. The van der Waals surface area contributed by atoms with E-state index in [4.69, 9.17) is 0 Å². The Morgan fingerprint density at radius 3 is 2.33 bits per heavy atom. The van der Waals surface area contributed by atoms with Gasteiger partial charge in [0.15, 0.2) is 0 Å². The molecule has 0 radical (unpaired) electrons. The first-order valence-electron chi connectivity index (χ1n) is 7.37. The molecular weight excluding hydrogens is 310 g/mol. The van der Waals surface area contributed by atoms with Crippen molar-refractivity contribution >= 4 is 28.9 Å². The number of carbonyl (C=O) groups is 2. The molecule has 0 aliphatic rings. The number of benzene rings is 2. The quantitative estimate of drug-likeness (QED) is 0.648. The molecule has 124 valence electrons. The smallest absolute Gasteiger partial charge is 0.273 e. The summed E-state index contributed by atoms with van der Waals surface area (Å²) in [4.78, 5) is 34.2. The second kappa shape index (κ2) is 7.36. The molecule has 0 fully saturated rings. The van der Waals surface area contributed by atoms with Crippen molar-refractivity contribution in [2.75, 3.05) is 10.6 Å². The number of nitrogens with one attached hydrogen (secondary N) is 2. The van der Waals surface area contributed by atoms with Crippen LogP contribution in [0.5, 0.6) is 0 Å². The highest BCUT2D eigenvalue weighted by molar-refractivity contribution is 6.06. The van der Waals surface area contributed by atoms with Crippen LogP contribution in [0.2, 0.25) is 0 Å². The average Bonchev–Trinajstić information content (AvgIpc) is 2.54. The van der Waals surface area contributed by atoms with Crippen LogP contribution in [0.3, 0.4) is 0 Å². The van der Waals surface area contributed by atoms with Gasteiger partial charge in [-0.2, -0.15) is 0 Å². The van der Waals surface area contributed by atoms with Crippen molar-refractivity contribution in [3.8, 4) is 0 Å². The van der Waals surface area contributed by atoms with E-state index in [2.05, 4.69) is 10.6 Å². The number of nitrogens with zero attached hydrogens (tertiary/aromatic N) is 1. The average molecular weight is 327 g/mol. The van der Waals surface area contributed by atoms with Gasteiger partial charge in [0, 0.05) is 35.0 Å². The predicted octanol–water partition coefficient (Wildman–Crippen LogP) is 3.50. The first-order chi connectivity index (χ1) is 11.4. The summed E-state index contributed by atoms with van der Waals surface area (Å²) in [5.74, 6) is -0.580. The van der Waals surface area contributed by atoms with E-state index in [0.717, 1.165) is 0 Å². The Hall–Kier alpha value is -3.22. The fourth-order valence-electron chi connectivity index (χ4n) is 2.19. The van der Waals surface area contributed by atoms with Crippen LogP contribution in [0.15, 0.2) is 42.5 Å². The molecule has 7 heteroatoms. The Morgan fingerprint density at radius 2 is 1.71 bits per heavy atom. The summed E-state index contributed by atoms with van der Waals surface area (Å²) in [6, 6.07) is 11.1. The monoisotopic (exact) mass is 327 g/mol. The van der Waals surface area contributed by atoms with Gasteiger partial charge >= 0.3 is 0 Å². The molecular formula is C17H17N3O4. The van der Waals surface area contributed by atoms with Crippen molar-refractivity contribution in [3.05, 3.63) is 63.7 Å². The van der Waals surface area contributed by atoms with Gasteiger partial charge in [-0.1, -0.05) is 19.1 Å². The lowest BCUT2D eigenvalue weighted by Crippen LogP contribution is -2.15. The lowest BCUT2D eigenvalue weighted by atomic mass is 10.1. The van der Waals surface area contributed by atoms with Gasteiger partial charge in [-0.3, -0.25) is 19.7 Å². The van der Waals surface area contributed by atoms with Crippen molar-refractivity contribution in [2.24, 2.45) is 0 Å². The van der Waals surface area contributed by atoms with Crippen molar-refractivity contribution in [1.29, 1.82) is 0 Å². The number of amides is 2. The van der Waals surface area contributed by atoms with E-state index in [1.54, 1.807) is 31.2 Å². The van der Waals surface area contributed by atoms with Gasteiger partial charge in [-0.05, 0) is 31.2 Å². The third-order valence-electron chi connectivity index (χ3n) is 3.47. The van der Waals surface area contributed by atoms with E-state index >= 15 is 0 Å². The molecule has 0 atom stereocenters. The summed E-state index contributed by atoms with van der Waals surface area (Å²) in [5.41, 5.74) is 1.48. The van der Waals surface area contributed by atoms with Gasteiger partial charge in [0.25, 0.3) is 11.6 Å². The van der Waals surface area contributed by atoms with Gasteiger partial charge in [-0.15, -0.1) is 0 Å². The molecule has 0 heterocycles. The Balaban J connectivity index is 2.21. The fourth-order valence-corrected chi connectivity index (χ4v) is 2.19. The standard InChI is InChI=1S/C17H17N3O4/c1-3-16(21)18-12-6-4-7-13(10-12)19-17(22)14-8-5-9-15(11(14)2)20(23)24/h4-10H,3H2,1-2H3,(H,18,21)(H,19,22). The number of carbonyl (C=O) groups excluding carboxylic acids is 2. The molecule has 0 spiro atoms. The van der Waals surface area contributed by atoms with Gasteiger partial charge in [0.2, 0.25) is 5.91 Å². The third kappa shape index (κ3) is 3.95. The number of hydrogen-bond donors (Lipinski definition) is 2. The third-order valence-corrected chi connectivity index (χ3v) is 3.47. The summed E-state index contributed by atoms with van der Waals surface area (Å²) in [5, 5.41) is 16.3. The topological polar surface area (TPSA) is 101 Å². The maximum absolute atomic E-state index is 12.4. The normalized spacial score (nSPS) is 10.1. The highest BCUT2D eigenvalue weighted by Gasteiger charge is 2.18. The molecule has 2 aromatic carbocycles. The van der Waals surface area contributed by atoms with Crippen LogP contribution < -0.4 is 10.6 Å². The molecule has 0 saturated carbocycles. The Labute approximate surface area is 138 Å². The van der Waals surface area contributed by atoms with Crippen LogP contribution in [0.4, 0.5) is 17.1 Å². The summed E-state index contributed by atoms with van der Waals surface area (Å²) in [6.45, 7) is 3.27. The number of nitro groups is 1. The second-order valence-corrected chi connectivity index (χ2v) is 5.14. The van der Waals surface area contributed by atoms with Crippen LogP contribution >= 0.6 is 0 Å². The zero-order valence-electron chi connectivity index (χ0n) is 13.3. The van der Waals surface area contributed by atoms with Crippen molar-refractivity contribution in [1.82, 2.24) is 0 Å². The Bertz CT molecular complexity index is 802. The summed E-state index contributed by atoms with van der Waals surface area (Å²) in [6.07, 6.45) is 0.351. The highest BCUT2D eigenvalue weighted by Crippen LogP contribution is 2.23. The number of anilines is 2. The molecule has 2 amide bonds. The molecule has 0 aromatic heterocycles. The largest absolute Gasteiger partial charge is 0.326 e. The first kappa shape index (κ1) is 17.1. The number of hydrogen-bond acceptors (Lipinski definition) is 4. The van der Waals surface area contributed by atoms with Gasteiger partial charge < -0.3 is 10.6 Å². The van der Waals surface area contributed by atoms with E-state index in [1.165, 1.54) is 25.1 Å². The van der Waals surface area contributed by atoms with E-state index < -0.39 is 10.8 Å². The lowest BCUT2D eigenvalue weighted by Gasteiger charge is -2.10. The molecule has 24 heavy (non-hydrogen) atoms. The van der Waals surface area contributed by atoms with Crippen LogP contribution in [0.1, 0.15) is 29.3 Å². The summed E-state index contributed by atoms with van der Waals surface area (Å²) in [7, 11) is 0. The second-order valence-electron chi connectivity index (χ2n) is 5.14. The molecule has 0 aliphatic carbocycles. The van der Waals surface area contributed by atoms with Crippen LogP contribution in [0, 0.1) is 17.0 Å². The maximum Gasteiger partial charge on any atom is 0.273 e. The van der Waals surface area contributed by atoms with Gasteiger partial charge in [0.1, 0.15) is 0 Å². The molecule has 7 nitrogen and oxygen atoms in total. The van der Waals surface area contributed by atoms with Gasteiger partial charge in [-0.25, -0.2) is 0 Å².